The van der Waals surface area contributed by atoms with E-state index in [4.69, 9.17) is 0 Å². The molecule has 1 amide bonds. The van der Waals surface area contributed by atoms with Crippen molar-refractivity contribution in [1.29, 1.82) is 0 Å². The van der Waals surface area contributed by atoms with Crippen LogP contribution in [0.1, 0.15) is 12.0 Å². The Morgan fingerprint density at radius 2 is 2.14 bits per heavy atom. The highest BCUT2D eigenvalue weighted by Crippen LogP contribution is 2.28. The minimum atomic E-state index is -2.82. The summed E-state index contributed by atoms with van der Waals surface area (Å²) in [4.78, 5) is 16.3. The van der Waals surface area contributed by atoms with Gasteiger partial charge in [-0.3, -0.25) is 10.1 Å². The molecule has 1 unspecified atom stereocenters. The number of aromatic nitrogens is 1. The molecule has 2 heterocycles. The molecule has 1 atom stereocenters. The normalized spacial score (nSPS) is 20.0. The second kappa shape index (κ2) is 5.73. The number of halogens is 2. The van der Waals surface area contributed by atoms with E-state index in [1.165, 1.54) is 11.3 Å². The second-order valence-electron chi connectivity index (χ2n) is 5.39. The van der Waals surface area contributed by atoms with Gasteiger partial charge >= 0.3 is 0 Å². The standard InChI is InChI=1S/C15H15F2N3OS/c1-9-2-4-10(5-3-9)12-7-22-14(19-12)20-13(21)11-6-15(16,17)8-18-11/h2-5,7,11,18H,6,8H2,1H3,(H,19,20,21). The molecule has 22 heavy (non-hydrogen) atoms. The molecule has 2 aromatic rings. The molecule has 0 saturated carbocycles. The van der Waals surface area contributed by atoms with Crippen LogP contribution in [0.3, 0.4) is 0 Å². The van der Waals surface area contributed by atoms with Crippen molar-refractivity contribution >= 4 is 22.4 Å². The highest BCUT2D eigenvalue weighted by Gasteiger charge is 2.42. The molecule has 0 aliphatic carbocycles. The lowest BCUT2D eigenvalue weighted by atomic mass is 10.1. The summed E-state index contributed by atoms with van der Waals surface area (Å²) in [5.41, 5.74) is 2.86. The summed E-state index contributed by atoms with van der Waals surface area (Å²) in [6.07, 6.45) is -0.477. The summed E-state index contributed by atoms with van der Waals surface area (Å²) in [6.45, 7) is 1.54. The van der Waals surface area contributed by atoms with Gasteiger partial charge in [-0.25, -0.2) is 13.8 Å². The van der Waals surface area contributed by atoms with Crippen LogP contribution in [0, 0.1) is 6.92 Å². The fourth-order valence-electron chi connectivity index (χ4n) is 2.28. The lowest BCUT2D eigenvalue weighted by Crippen LogP contribution is -2.35. The van der Waals surface area contributed by atoms with Gasteiger partial charge in [-0.1, -0.05) is 29.8 Å². The minimum Gasteiger partial charge on any atom is -0.301 e. The number of benzene rings is 1. The average Bonchev–Trinajstić information content (AvgIpc) is 3.06. The zero-order valence-electron chi connectivity index (χ0n) is 11.9. The number of thiazole rings is 1. The maximum atomic E-state index is 13.1. The zero-order valence-corrected chi connectivity index (χ0v) is 12.7. The summed E-state index contributed by atoms with van der Waals surface area (Å²) in [6, 6.07) is 7.00. The Balaban J connectivity index is 1.67. The number of carbonyl (C=O) groups excluding carboxylic acids is 1. The van der Waals surface area contributed by atoms with Gasteiger partial charge in [0.15, 0.2) is 5.13 Å². The number of alkyl halides is 2. The maximum Gasteiger partial charge on any atom is 0.262 e. The van der Waals surface area contributed by atoms with E-state index >= 15 is 0 Å². The third kappa shape index (κ3) is 3.31. The Hall–Kier alpha value is -1.86. The molecular formula is C15H15F2N3OS. The monoisotopic (exact) mass is 323 g/mol. The highest BCUT2D eigenvalue weighted by molar-refractivity contribution is 7.14. The van der Waals surface area contributed by atoms with Crippen LogP contribution in [0.5, 0.6) is 0 Å². The molecule has 116 valence electrons. The first-order valence-electron chi connectivity index (χ1n) is 6.88. The fraction of sp³-hybridized carbons (Fsp3) is 0.333. The summed E-state index contributed by atoms with van der Waals surface area (Å²) < 4.78 is 26.2. The third-order valence-corrected chi connectivity index (χ3v) is 4.27. The fourth-order valence-corrected chi connectivity index (χ4v) is 3.00. The lowest BCUT2D eigenvalue weighted by Gasteiger charge is -2.09. The molecule has 0 spiro atoms. The maximum absolute atomic E-state index is 13.1. The Morgan fingerprint density at radius 1 is 1.41 bits per heavy atom. The van der Waals surface area contributed by atoms with Crippen LogP contribution < -0.4 is 10.6 Å². The molecule has 1 aromatic heterocycles. The largest absolute Gasteiger partial charge is 0.301 e. The topological polar surface area (TPSA) is 54.0 Å². The first-order chi connectivity index (χ1) is 10.4. The molecule has 0 bridgehead atoms. The molecule has 4 nitrogen and oxygen atoms in total. The van der Waals surface area contributed by atoms with Crippen molar-refractivity contribution in [2.75, 3.05) is 11.9 Å². The molecule has 7 heteroatoms. The molecular weight excluding hydrogens is 308 g/mol. The lowest BCUT2D eigenvalue weighted by molar-refractivity contribution is -0.118. The van der Waals surface area contributed by atoms with E-state index in [0.717, 1.165) is 16.8 Å². The van der Waals surface area contributed by atoms with Crippen LogP contribution in [0.25, 0.3) is 11.3 Å². The summed E-state index contributed by atoms with van der Waals surface area (Å²) in [7, 11) is 0. The zero-order chi connectivity index (χ0) is 15.7. The van der Waals surface area contributed by atoms with E-state index < -0.39 is 30.8 Å². The number of nitrogens with one attached hydrogen (secondary N) is 2. The van der Waals surface area contributed by atoms with Crippen LogP contribution >= 0.6 is 11.3 Å². The number of aryl methyl sites for hydroxylation is 1. The van der Waals surface area contributed by atoms with Crippen LogP contribution in [0.15, 0.2) is 29.6 Å². The van der Waals surface area contributed by atoms with Gasteiger partial charge in [0.25, 0.3) is 5.92 Å². The molecule has 1 saturated heterocycles. The van der Waals surface area contributed by atoms with E-state index in [-0.39, 0.29) is 0 Å². The molecule has 1 fully saturated rings. The van der Waals surface area contributed by atoms with Gasteiger partial charge in [0, 0.05) is 17.4 Å². The molecule has 1 aromatic carbocycles. The van der Waals surface area contributed by atoms with Crippen molar-refractivity contribution in [3.05, 3.63) is 35.2 Å². The third-order valence-electron chi connectivity index (χ3n) is 3.51. The van der Waals surface area contributed by atoms with Crippen LogP contribution in [0.4, 0.5) is 13.9 Å². The predicted octanol–water partition coefficient (Wildman–Crippen LogP) is 3.05. The van der Waals surface area contributed by atoms with E-state index in [0.29, 0.717) is 5.13 Å². The number of rotatable bonds is 3. The average molecular weight is 323 g/mol. The van der Waals surface area contributed by atoms with Crippen LogP contribution in [-0.2, 0) is 4.79 Å². The van der Waals surface area contributed by atoms with Gasteiger partial charge in [0.2, 0.25) is 5.91 Å². The molecule has 1 aliphatic heterocycles. The van der Waals surface area contributed by atoms with Crippen LogP contribution in [0.2, 0.25) is 0 Å². The van der Waals surface area contributed by atoms with Crippen molar-refractivity contribution in [3.8, 4) is 11.3 Å². The van der Waals surface area contributed by atoms with Crippen molar-refractivity contribution in [2.45, 2.75) is 25.3 Å². The minimum absolute atomic E-state index is 0.414. The van der Waals surface area contributed by atoms with E-state index in [2.05, 4.69) is 15.6 Å². The van der Waals surface area contributed by atoms with Gasteiger partial charge in [0.05, 0.1) is 18.3 Å². The first kappa shape index (κ1) is 15.1. The molecule has 2 N–H and O–H groups in total. The number of hydrogen-bond acceptors (Lipinski definition) is 4. The molecule has 3 rings (SSSR count). The Morgan fingerprint density at radius 3 is 2.77 bits per heavy atom. The van der Waals surface area contributed by atoms with E-state index in [9.17, 15) is 13.6 Å². The quantitative estimate of drug-likeness (QED) is 0.913. The highest BCUT2D eigenvalue weighted by atomic mass is 32.1. The molecule has 0 radical (unpaired) electrons. The smallest absolute Gasteiger partial charge is 0.262 e. The second-order valence-corrected chi connectivity index (χ2v) is 6.24. The van der Waals surface area contributed by atoms with Crippen LogP contribution in [-0.4, -0.2) is 29.4 Å². The number of hydrogen-bond donors (Lipinski definition) is 2. The van der Waals surface area contributed by atoms with E-state index in [1.54, 1.807) is 0 Å². The van der Waals surface area contributed by atoms with E-state index in [1.807, 2.05) is 36.6 Å². The first-order valence-corrected chi connectivity index (χ1v) is 7.76. The van der Waals surface area contributed by atoms with Crippen molar-refractivity contribution in [3.63, 3.8) is 0 Å². The van der Waals surface area contributed by atoms with Gasteiger partial charge in [-0.15, -0.1) is 11.3 Å². The number of anilines is 1. The number of carbonyl (C=O) groups is 1. The SMILES string of the molecule is Cc1ccc(-c2csc(NC(=O)C3CC(F)(F)CN3)n2)cc1. The Labute approximate surface area is 130 Å². The van der Waals surface area contributed by atoms with Gasteiger partial charge < -0.3 is 5.32 Å². The summed E-state index contributed by atoms with van der Waals surface area (Å²) in [5, 5.41) is 7.37. The Kier molecular flexibility index (Phi) is 3.92. The van der Waals surface area contributed by atoms with Gasteiger partial charge in [-0.05, 0) is 6.92 Å². The van der Waals surface area contributed by atoms with Crippen molar-refractivity contribution in [1.82, 2.24) is 10.3 Å². The van der Waals surface area contributed by atoms with Gasteiger partial charge in [0.1, 0.15) is 0 Å². The summed E-state index contributed by atoms with van der Waals surface area (Å²) >= 11 is 1.28. The van der Waals surface area contributed by atoms with Crippen molar-refractivity contribution in [2.24, 2.45) is 0 Å². The predicted molar refractivity (Wildman–Crippen MR) is 82.3 cm³/mol. The van der Waals surface area contributed by atoms with Crippen molar-refractivity contribution < 1.29 is 13.6 Å². The number of nitrogens with zero attached hydrogens (tertiary/aromatic N) is 1. The summed E-state index contributed by atoms with van der Waals surface area (Å²) in [5.74, 6) is -3.29. The number of amides is 1. The Bertz CT molecular complexity index is 684. The van der Waals surface area contributed by atoms with Gasteiger partial charge in [-0.2, -0.15) is 0 Å². The molecule has 1 aliphatic rings.